The standard InChI is InChI=1S/C5H10N2O3/c1-7(2,3)6-4(8)5(9)10/h1-3H3,(H-,6,8,9,10). The lowest BCUT2D eigenvalue weighted by Gasteiger charge is -2.23. The van der Waals surface area contributed by atoms with Gasteiger partial charge in [0.1, 0.15) is 5.97 Å². The predicted molar refractivity (Wildman–Crippen MR) is 31.2 cm³/mol. The Morgan fingerprint density at radius 2 is 1.70 bits per heavy atom. The highest BCUT2D eigenvalue weighted by atomic mass is 16.4. The molecule has 0 bridgehead atoms. The number of carbonyl (C=O) groups excluding carboxylic acids is 2. The van der Waals surface area contributed by atoms with Crippen molar-refractivity contribution < 1.29 is 19.3 Å². The van der Waals surface area contributed by atoms with Gasteiger partial charge in [0.05, 0.1) is 21.1 Å². The van der Waals surface area contributed by atoms with E-state index in [0.717, 1.165) is 0 Å². The number of nitrogens with zero attached hydrogens (tertiary/aromatic N) is 1. The third-order valence-electron chi connectivity index (χ3n) is 0.622. The summed E-state index contributed by atoms with van der Waals surface area (Å²) >= 11 is 0. The molecule has 5 nitrogen and oxygen atoms in total. The maximum Gasteiger partial charge on any atom is 0.311 e. The molecule has 0 aromatic carbocycles. The first-order valence-corrected chi connectivity index (χ1v) is 2.68. The second-order valence-corrected chi connectivity index (χ2v) is 2.74. The van der Waals surface area contributed by atoms with Gasteiger partial charge in [0.2, 0.25) is 0 Å². The van der Waals surface area contributed by atoms with E-state index < -0.39 is 11.9 Å². The summed E-state index contributed by atoms with van der Waals surface area (Å²) in [6.07, 6.45) is 0. The highest BCUT2D eigenvalue weighted by Crippen LogP contribution is 1.79. The molecule has 0 heterocycles. The molecule has 0 unspecified atom stereocenters. The van der Waals surface area contributed by atoms with Crippen LogP contribution >= 0.6 is 0 Å². The van der Waals surface area contributed by atoms with E-state index in [-0.39, 0.29) is 4.59 Å². The van der Waals surface area contributed by atoms with Crippen molar-refractivity contribution in [2.45, 2.75) is 0 Å². The number of carboxylic acid groups (broad SMARTS) is 1. The number of aliphatic carboxylic acids is 1. The minimum absolute atomic E-state index is 0.0623. The largest absolute Gasteiger partial charge is 0.540 e. The van der Waals surface area contributed by atoms with Crippen LogP contribution in [-0.2, 0) is 9.59 Å². The maximum atomic E-state index is 10.4. The first-order chi connectivity index (χ1) is 4.33. The SMILES string of the molecule is C[N+](C)(C)NC(=O)C(=O)[O-]. The van der Waals surface area contributed by atoms with Gasteiger partial charge in [-0.15, -0.1) is 0 Å². The van der Waals surface area contributed by atoms with Gasteiger partial charge in [-0.05, 0) is 0 Å². The molecule has 58 valence electrons. The molecule has 5 heteroatoms. The Bertz CT molecular complexity index is 159. The van der Waals surface area contributed by atoms with Crippen LogP contribution in [0.3, 0.4) is 0 Å². The van der Waals surface area contributed by atoms with Crippen LogP contribution < -0.4 is 10.5 Å². The molecule has 0 aromatic heterocycles. The fourth-order valence-corrected chi connectivity index (χ4v) is 0.350. The summed E-state index contributed by atoms with van der Waals surface area (Å²) in [5, 5.41) is 9.84. The quantitative estimate of drug-likeness (QED) is 0.252. The van der Waals surface area contributed by atoms with Crippen molar-refractivity contribution in [1.82, 2.24) is 5.43 Å². The first-order valence-electron chi connectivity index (χ1n) is 2.68. The van der Waals surface area contributed by atoms with Crippen LogP contribution in [0.1, 0.15) is 0 Å². The summed E-state index contributed by atoms with van der Waals surface area (Å²) in [5.41, 5.74) is 2.16. The monoisotopic (exact) mass is 146 g/mol. The second-order valence-electron chi connectivity index (χ2n) is 2.74. The van der Waals surface area contributed by atoms with Crippen LogP contribution in [0.4, 0.5) is 0 Å². The number of quaternary nitrogens is 1. The van der Waals surface area contributed by atoms with Crippen molar-refractivity contribution >= 4 is 11.9 Å². The van der Waals surface area contributed by atoms with E-state index >= 15 is 0 Å². The molecule has 0 saturated heterocycles. The van der Waals surface area contributed by atoms with Crippen LogP contribution in [0, 0.1) is 0 Å². The van der Waals surface area contributed by atoms with Crippen molar-refractivity contribution in [2.24, 2.45) is 0 Å². The molecule has 0 aliphatic carbocycles. The van der Waals surface area contributed by atoms with E-state index in [4.69, 9.17) is 0 Å². The molecular formula is C5H10N2O3. The van der Waals surface area contributed by atoms with E-state index in [0.29, 0.717) is 0 Å². The Morgan fingerprint density at radius 1 is 1.30 bits per heavy atom. The molecule has 0 aliphatic rings. The molecule has 0 spiro atoms. The fraction of sp³-hybridized carbons (Fsp3) is 0.600. The van der Waals surface area contributed by atoms with Crippen molar-refractivity contribution in [2.75, 3.05) is 21.1 Å². The van der Waals surface area contributed by atoms with Gasteiger partial charge in [-0.1, -0.05) is 0 Å². The van der Waals surface area contributed by atoms with Gasteiger partial charge >= 0.3 is 5.91 Å². The molecule has 1 amide bonds. The van der Waals surface area contributed by atoms with E-state index in [2.05, 4.69) is 5.43 Å². The van der Waals surface area contributed by atoms with Gasteiger partial charge in [0.25, 0.3) is 0 Å². The van der Waals surface area contributed by atoms with E-state index in [1.807, 2.05) is 0 Å². The summed E-state index contributed by atoms with van der Waals surface area (Å²) in [6, 6.07) is 0. The van der Waals surface area contributed by atoms with Crippen molar-refractivity contribution in [3.8, 4) is 0 Å². The van der Waals surface area contributed by atoms with Crippen molar-refractivity contribution in [1.29, 1.82) is 0 Å². The minimum Gasteiger partial charge on any atom is -0.540 e. The lowest BCUT2D eigenvalue weighted by atomic mass is 10.6. The summed E-state index contributed by atoms with van der Waals surface area (Å²) in [6.45, 7) is 0. The number of rotatable bonds is 1. The van der Waals surface area contributed by atoms with Gasteiger partial charge in [-0.3, -0.25) is 4.79 Å². The summed E-state index contributed by atoms with van der Waals surface area (Å²) in [5.74, 6) is -2.82. The Labute approximate surface area is 58.8 Å². The van der Waals surface area contributed by atoms with Crippen molar-refractivity contribution in [3.05, 3.63) is 0 Å². The van der Waals surface area contributed by atoms with E-state index in [1.165, 1.54) is 0 Å². The Balaban J connectivity index is 3.93. The Kier molecular flexibility index (Phi) is 2.36. The predicted octanol–water partition coefficient (Wildman–Crippen LogP) is -2.53. The van der Waals surface area contributed by atoms with E-state index in [9.17, 15) is 14.7 Å². The molecule has 1 N–H and O–H groups in total. The zero-order chi connectivity index (χ0) is 8.36. The van der Waals surface area contributed by atoms with Gasteiger partial charge in [-0.2, -0.15) is 5.43 Å². The number of amides is 1. The van der Waals surface area contributed by atoms with Crippen LogP contribution in [0.5, 0.6) is 0 Å². The smallest absolute Gasteiger partial charge is 0.311 e. The molecule has 0 aliphatic heterocycles. The Morgan fingerprint density at radius 3 is 1.80 bits per heavy atom. The molecule has 0 rings (SSSR count). The molecule has 0 saturated carbocycles. The zero-order valence-corrected chi connectivity index (χ0v) is 6.17. The zero-order valence-electron chi connectivity index (χ0n) is 6.17. The molecule has 0 radical (unpaired) electrons. The fourth-order valence-electron chi connectivity index (χ4n) is 0.350. The van der Waals surface area contributed by atoms with Crippen LogP contribution in [0.15, 0.2) is 0 Å². The second kappa shape index (κ2) is 2.66. The molecule has 10 heavy (non-hydrogen) atoms. The molecule has 0 fully saturated rings. The summed E-state index contributed by atoms with van der Waals surface area (Å²) in [4.78, 5) is 20.2. The molecular weight excluding hydrogens is 136 g/mol. The maximum absolute atomic E-state index is 10.4. The topological polar surface area (TPSA) is 69.2 Å². The van der Waals surface area contributed by atoms with Gasteiger partial charge < -0.3 is 9.90 Å². The number of nitrogens with one attached hydrogen (secondary N) is 1. The third-order valence-corrected chi connectivity index (χ3v) is 0.622. The number of hydrogen-bond donors (Lipinski definition) is 1. The van der Waals surface area contributed by atoms with Crippen LogP contribution in [-0.4, -0.2) is 37.6 Å². The van der Waals surface area contributed by atoms with E-state index in [1.54, 1.807) is 21.1 Å². The van der Waals surface area contributed by atoms with Crippen molar-refractivity contribution in [3.63, 3.8) is 0 Å². The van der Waals surface area contributed by atoms with Gasteiger partial charge in [0, 0.05) is 0 Å². The van der Waals surface area contributed by atoms with Crippen LogP contribution in [0.25, 0.3) is 0 Å². The highest BCUT2D eigenvalue weighted by Gasteiger charge is 2.12. The summed E-state index contributed by atoms with van der Waals surface area (Å²) in [7, 11) is 4.88. The average Bonchev–Trinajstić information content (AvgIpc) is 1.60. The average molecular weight is 146 g/mol. The minimum atomic E-state index is -1.71. The Hall–Kier alpha value is -1.10. The van der Waals surface area contributed by atoms with Gasteiger partial charge in [-0.25, -0.2) is 4.59 Å². The number of carbonyl (C=O) groups is 2. The third kappa shape index (κ3) is 3.85. The molecule has 0 aromatic rings. The first kappa shape index (κ1) is 8.90. The normalized spacial score (nSPS) is 10.7. The lowest BCUT2D eigenvalue weighted by molar-refractivity contribution is -0.905. The van der Waals surface area contributed by atoms with Gasteiger partial charge in [0.15, 0.2) is 0 Å². The van der Waals surface area contributed by atoms with Crippen LogP contribution in [0.2, 0.25) is 0 Å². The number of carboxylic acids is 1. The summed E-state index contributed by atoms with van der Waals surface area (Å²) < 4.78 is 0.0623. The lowest BCUT2D eigenvalue weighted by Crippen LogP contribution is -2.56. The number of hydrogen-bond acceptors (Lipinski definition) is 3. The highest BCUT2D eigenvalue weighted by molar-refractivity contribution is 6.30. The molecule has 0 atom stereocenters.